The maximum Gasteiger partial charge on any atom is 0.326 e. The van der Waals surface area contributed by atoms with Gasteiger partial charge in [0, 0.05) is 11.7 Å². The molecular formula is C22H28N4O3S. The first-order valence-corrected chi connectivity index (χ1v) is 11.0. The van der Waals surface area contributed by atoms with Crippen LogP contribution in [-0.4, -0.2) is 32.8 Å². The molecule has 0 atom stereocenters. The zero-order chi connectivity index (χ0) is 22.0. The Morgan fingerprint density at radius 3 is 2.53 bits per heavy atom. The number of amides is 1. The predicted molar refractivity (Wildman–Crippen MR) is 118 cm³/mol. The second kappa shape index (κ2) is 8.95. The van der Waals surface area contributed by atoms with Crippen LogP contribution in [0.25, 0.3) is 10.2 Å². The van der Waals surface area contributed by atoms with Gasteiger partial charge < -0.3 is 9.30 Å². The van der Waals surface area contributed by atoms with Crippen LogP contribution < -0.4 is 4.80 Å². The molecule has 2 heterocycles. The van der Waals surface area contributed by atoms with E-state index in [1.54, 1.807) is 22.2 Å². The Morgan fingerprint density at radius 2 is 1.93 bits per heavy atom. The Labute approximate surface area is 180 Å². The number of fused-ring (bicyclic) bond motifs is 1. The summed E-state index contributed by atoms with van der Waals surface area (Å²) in [5.74, 6) is -0.412. The Balaban J connectivity index is 2.11. The van der Waals surface area contributed by atoms with Crippen LogP contribution >= 0.6 is 11.3 Å². The van der Waals surface area contributed by atoms with E-state index < -0.39 is 5.91 Å². The fraction of sp³-hybridized carbons (Fsp3) is 0.455. The predicted octanol–water partition coefficient (Wildman–Crippen LogP) is 4.22. The van der Waals surface area contributed by atoms with Gasteiger partial charge in [-0.05, 0) is 57.4 Å². The number of ether oxygens (including phenoxy) is 1. The molecule has 2 aromatic heterocycles. The van der Waals surface area contributed by atoms with Crippen LogP contribution in [0.3, 0.4) is 0 Å². The van der Waals surface area contributed by atoms with Crippen LogP contribution in [-0.2, 0) is 16.1 Å². The van der Waals surface area contributed by atoms with Crippen molar-refractivity contribution in [2.45, 2.75) is 60.0 Å². The van der Waals surface area contributed by atoms with Gasteiger partial charge in [-0.2, -0.15) is 10.1 Å². The number of aryl methyl sites for hydroxylation is 1. The lowest BCUT2D eigenvalue weighted by Crippen LogP contribution is -2.23. The Kier molecular flexibility index (Phi) is 6.55. The highest BCUT2D eigenvalue weighted by molar-refractivity contribution is 7.16. The number of rotatable bonds is 6. The van der Waals surface area contributed by atoms with E-state index in [0.717, 1.165) is 15.9 Å². The maximum absolute atomic E-state index is 12.9. The lowest BCUT2D eigenvalue weighted by atomic mass is 10.0. The molecule has 0 saturated heterocycles. The molecule has 0 unspecified atom stereocenters. The summed E-state index contributed by atoms with van der Waals surface area (Å²) < 4.78 is 9.63. The zero-order valence-electron chi connectivity index (χ0n) is 18.3. The smallest absolute Gasteiger partial charge is 0.326 e. The summed E-state index contributed by atoms with van der Waals surface area (Å²) in [4.78, 5) is 29.8. The molecule has 0 aliphatic rings. The van der Waals surface area contributed by atoms with Crippen molar-refractivity contribution in [3.8, 4) is 0 Å². The molecule has 0 spiro atoms. The third kappa shape index (κ3) is 4.53. The number of carbonyl (C=O) groups is 2. The largest absolute Gasteiger partial charge is 0.465 e. The average Bonchev–Trinajstić information content (AvgIpc) is 3.22. The second-order valence-corrected chi connectivity index (χ2v) is 8.79. The molecule has 0 radical (unpaired) electrons. The van der Waals surface area contributed by atoms with Crippen LogP contribution in [0.2, 0.25) is 0 Å². The zero-order valence-corrected chi connectivity index (χ0v) is 19.1. The van der Waals surface area contributed by atoms with E-state index in [1.807, 2.05) is 32.9 Å². The van der Waals surface area contributed by atoms with Crippen LogP contribution in [0.5, 0.6) is 0 Å². The van der Waals surface area contributed by atoms with Gasteiger partial charge in [0.1, 0.15) is 6.54 Å². The number of carbonyl (C=O) groups excluding carboxylic acids is 2. The van der Waals surface area contributed by atoms with Crippen molar-refractivity contribution in [1.29, 1.82) is 0 Å². The first-order chi connectivity index (χ1) is 14.2. The lowest BCUT2D eigenvalue weighted by Gasteiger charge is -2.07. The van der Waals surface area contributed by atoms with E-state index >= 15 is 0 Å². The van der Waals surface area contributed by atoms with E-state index in [0.29, 0.717) is 23.0 Å². The molecule has 0 aliphatic heterocycles. The van der Waals surface area contributed by atoms with Gasteiger partial charge >= 0.3 is 5.97 Å². The average molecular weight is 429 g/mol. The molecule has 1 amide bonds. The topological polar surface area (TPSA) is 78.5 Å². The first-order valence-electron chi connectivity index (χ1n) is 10.1. The molecule has 160 valence electrons. The van der Waals surface area contributed by atoms with Crippen molar-refractivity contribution in [1.82, 2.24) is 14.3 Å². The Bertz CT molecular complexity index is 1150. The summed E-state index contributed by atoms with van der Waals surface area (Å²) in [6.45, 7) is 12.3. The minimum Gasteiger partial charge on any atom is -0.465 e. The molecule has 8 heteroatoms. The van der Waals surface area contributed by atoms with Gasteiger partial charge in [-0.15, -0.1) is 0 Å². The van der Waals surface area contributed by atoms with Crippen LogP contribution in [0, 0.1) is 6.92 Å². The number of hydrogen-bond donors (Lipinski definition) is 0. The number of nitrogens with zero attached hydrogens (tertiary/aromatic N) is 4. The Hall–Kier alpha value is -2.74. The number of benzene rings is 1. The minimum atomic E-state index is -0.425. The number of hydrogen-bond acceptors (Lipinski definition) is 5. The van der Waals surface area contributed by atoms with Crippen molar-refractivity contribution in [2.24, 2.45) is 4.99 Å². The third-order valence-electron chi connectivity index (χ3n) is 4.79. The molecule has 30 heavy (non-hydrogen) atoms. The van der Waals surface area contributed by atoms with Gasteiger partial charge in [0.2, 0.25) is 0 Å². The summed E-state index contributed by atoms with van der Waals surface area (Å²) in [6, 6.07) is 8.00. The molecule has 1 aromatic carbocycles. The monoisotopic (exact) mass is 428 g/mol. The van der Waals surface area contributed by atoms with Crippen molar-refractivity contribution in [3.63, 3.8) is 0 Å². The van der Waals surface area contributed by atoms with E-state index in [9.17, 15) is 9.59 Å². The van der Waals surface area contributed by atoms with Crippen LogP contribution in [0.15, 0.2) is 29.3 Å². The summed E-state index contributed by atoms with van der Waals surface area (Å²) in [6.07, 6.45) is 0. The highest BCUT2D eigenvalue weighted by atomic mass is 32.1. The van der Waals surface area contributed by atoms with Gasteiger partial charge in [0.25, 0.3) is 5.91 Å². The standard InChI is InChI=1S/C22H28N4O3S/c1-7-29-20(27)12-25-18-9-8-16(13(2)3)11-19(18)30-22(25)23-21(28)17-10-15(6)26(24-17)14(4)5/h8-11,13-14H,7,12H2,1-6H3. The quantitative estimate of drug-likeness (QED) is 0.551. The molecule has 7 nitrogen and oxygen atoms in total. The normalized spacial score (nSPS) is 12.3. The number of aromatic nitrogens is 3. The summed E-state index contributed by atoms with van der Waals surface area (Å²) >= 11 is 1.39. The van der Waals surface area contributed by atoms with Crippen LogP contribution in [0.1, 0.15) is 68.3 Å². The van der Waals surface area contributed by atoms with Crippen molar-refractivity contribution < 1.29 is 14.3 Å². The first kappa shape index (κ1) is 22.0. The van der Waals surface area contributed by atoms with Gasteiger partial charge in [-0.25, -0.2) is 0 Å². The Morgan fingerprint density at radius 1 is 1.20 bits per heavy atom. The van der Waals surface area contributed by atoms with E-state index in [2.05, 4.69) is 30.0 Å². The summed E-state index contributed by atoms with van der Waals surface area (Å²) in [5.41, 5.74) is 3.24. The van der Waals surface area contributed by atoms with Crippen molar-refractivity contribution in [2.75, 3.05) is 6.61 Å². The van der Waals surface area contributed by atoms with Crippen LogP contribution in [0.4, 0.5) is 0 Å². The van der Waals surface area contributed by atoms with Gasteiger partial charge in [0.15, 0.2) is 10.5 Å². The molecular weight excluding hydrogens is 400 g/mol. The van der Waals surface area contributed by atoms with Crippen molar-refractivity contribution >= 4 is 33.4 Å². The summed E-state index contributed by atoms with van der Waals surface area (Å²) in [5, 5.41) is 4.39. The highest BCUT2D eigenvalue weighted by Gasteiger charge is 2.16. The van der Waals surface area contributed by atoms with E-state index in [-0.39, 0.29) is 18.6 Å². The minimum absolute atomic E-state index is 0.000437. The SMILES string of the molecule is CCOC(=O)Cn1c(=NC(=O)c2cc(C)n(C(C)C)n2)sc2cc(C(C)C)ccc21. The number of esters is 1. The van der Waals surface area contributed by atoms with Gasteiger partial charge in [-0.3, -0.25) is 14.3 Å². The fourth-order valence-corrected chi connectivity index (χ4v) is 4.36. The second-order valence-electron chi connectivity index (χ2n) is 7.78. The van der Waals surface area contributed by atoms with Gasteiger partial charge in [-0.1, -0.05) is 31.3 Å². The highest BCUT2D eigenvalue weighted by Crippen LogP contribution is 2.24. The molecule has 0 saturated carbocycles. The van der Waals surface area contributed by atoms with E-state index in [1.165, 1.54) is 16.9 Å². The van der Waals surface area contributed by atoms with Gasteiger partial charge in [0.05, 0.1) is 16.8 Å². The van der Waals surface area contributed by atoms with E-state index in [4.69, 9.17) is 4.74 Å². The lowest BCUT2D eigenvalue weighted by molar-refractivity contribution is -0.143. The molecule has 0 fully saturated rings. The number of thiazole rings is 1. The third-order valence-corrected chi connectivity index (χ3v) is 5.84. The molecule has 3 aromatic rings. The molecule has 0 aliphatic carbocycles. The van der Waals surface area contributed by atoms with Crippen molar-refractivity contribution in [3.05, 3.63) is 46.0 Å². The fourth-order valence-electron chi connectivity index (χ4n) is 3.28. The summed E-state index contributed by atoms with van der Waals surface area (Å²) in [7, 11) is 0. The maximum atomic E-state index is 12.9. The molecule has 3 rings (SSSR count). The molecule has 0 N–H and O–H groups in total. The molecule has 0 bridgehead atoms.